The first-order valence-electron chi connectivity index (χ1n) is 6.38. The quantitative estimate of drug-likeness (QED) is 0.768. The summed E-state index contributed by atoms with van der Waals surface area (Å²) in [4.78, 5) is 16.1. The lowest BCUT2D eigenvalue weighted by Crippen LogP contribution is -2.50. The molecule has 4 heteroatoms. The summed E-state index contributed by atoms with van der Waals surface area (Å²) in [5.41, 5.74) is 5.61. The van der Waals surface area contributed by atoms with Crippen LogP contribution in [-0.2, 0) is 4.79 Å². The van der Waals surface area contributed by atoms with Crippen LogP contribution in [0.3, 0.4) is 0 Å². The molecule has 1 amide bonds. The molecule has 0 saturated carbocycles. The second-order valence-electron chi connectivity index (χ2n) is 4.57. The van der Waals surface area contributed by atoms with Crippen LogP contribution in [0.4, 0.5) is 0 Å². The molecule has 1 rings (SSSR count). The van der Waals surface area contributed by atoms with Crippen molar-refractivity contribution in [1.29, 1.82) is 0 Å². The molecule has 0 aromatic carbocycles. The van der Waals surface area contributed by atoms with Crippen molar-refractivity contribution in [1.82, 2.24) is 9.80 Å². The first-order valence-corrected chi connectivity index (χ1v) is 6.38. The third kappa shape index (κ3) is 3.19. The maximum Gasteiger partial charge on any atom is 0.239 e. The predicted octanol–water partition coefficient (Wildman–Crippen LogP) is 0.666. The lowest BCUT2D eigenvalue weighted by Gasteiger charge is -2.38. The minimum atomic E-state index is -0.356. The van der Waals surface area contributed by atoms with E-state index in [1.54, 1.807) is 6.92 Å². The Labute approximate surface area is 98.8 Å². The van der Waals surface area contributed by atoms with E-state index in [1.807, 2.05) is 4.90 Å². The fourth-order valence-electron chi connectivity index (χ4n) is 2.48. The van der Waals surface area contributed by atoms with Crippen molar-refractivity contribution in [3.8, 4) is 0 Å². The van der Waals surface area contributed by atoms with E-state index in [0.29, 0.717) is 6.04 Å². The Morgan fingerprint density at radius 3 is 2.25 bits per heavy atom. The van der Waals surface area contributed by atoms with Gasteiger partial charge < -0.3 is 15.5 Å². The van der Waals surface area contributed by atoms with Gasteiger partial charge in [-0.1, -0.05) is 13.8 Å². The van der Waals surface area contributed by atoms with Crippen molar-refractivity contribution in [2.24, 2.45) is 5.73 Å². The van der Waals surface area contributed by atoms with Crippen molar-refractivity contribution in [2.75, 3.05) is 26.2 Å². The van der Waals surface area contributed by atoms with Gasteiger partial charge in [-0.3, -0.25) is 4.79 Å². The van der Waals surface area contributed by atoms with Gasteiger partial charge in [-0.15, -0.1) is 0 Å². The summed E-state index contributed by atoms with van der Waals surface area (Å²) in [5.74, 6) is 0.0954. The second kappa shape index (κ2) is 6.21. The number of piperidine rings is 1. The lowest BCUT2D eigenvalue weighted by molar-refractivity contribution is -0.133. The topological polar surface area (TPSA) is 49.6 Å². The Balaban J connectivity index is 2.42. The molecule has 0 aromatic rings. The highest BCUT2D eigenvalue weighted by Crippen LogP contribution is 2.16. The fourth-order valence-corrected chi connectivity index (χ4v) is 2.48. The average molecular weight is 227 g/mol. The van der Waals surface area contributed by atoms with Crippen LogP contribution < -0.4 is 5.73 Å². The van der Waals surface area contributed by atoms with Crippen LogP contribution >= 0.6 is 0 Å². The van der Waals surface area contributed by atoms with Gasteiger partial charge >= 0.3 is 0 Å². The molecule has 1 heterocycles. The van der Waals surface area contributed by atoms with Crippen molar-refractivity contribution in [2.45, 2.75) is 45.7 Å². The molecule has 1 fully saturated rings. The molecule has 0 aromatic heterocycles. The van der Waals surface area contributed by atoms with Gasteiger partial charge in [-0.05, 0) is 32.9 Å². The number of rotatable bonds is 4. The van der Waals surface area contributed by atoms with Gasteiger partial charge in [0, 0.05) is 19.1 Å². The normalized spacial score (nSPS) is 20.2. The number of nitrogens with zero attached hydrogens (tertiary/aromatic N) is 2. The summed E-state index contributed by atoms with van der Waals surface area (Å²) < 4.78 is 0. The largest absolute Gasteiger partial charge is 0.341 e. The molecule has 1 saturated heterocycles. The second-order valence-corrected chi connectivity index (χ2v) is 4.57. The van der Waals surface area contributed by atoms with E-state index in [9.17, 15) is 4.79 Å². The van der Waals surface area contributed by atoms with Crippen LogP contribution in [0.2, 0.25) is 0 Å². The van der Waals surface area contributed by atoms with Crippen LogP contribution in [0.15, 0.2) is 0 Å². The van der Waals surface area contributed by atoms with Gasteiger partial charge in [0.2, 0.25) is 5.91 Å². The van der Waals surface area contributed by atoms with Gasteiger partial charge in [-0.2, -0.15) is 0 Å². The number of hydrogen-bond donors (Lipinski definition) is 1. The van der Waals surface area contributed by atoms with Gasteiger partial charge in [0.05, 0.1) is 6.04 Å². The number of amides is 1. The molecule has 0 aliphatic carbocycles. The van der Waals surface area contributed by atoms with Crippen LogP contribution in [0.1, 0.15) is 33.6 Å². The first kappa shape index (κ1) is 13.5. The Morgan fingerprint density at radius 1 is 1.38 bits per heavy atom. The number of likely N-dealkylation sites (tertiary alicyclic amines) is 1. The third-order valence-electron chi connectivity index (χ3n) is 3.49. The van der Waals surface area contributed by atoms with Crippen molar-refractivity contribution >= 4 is 5.91 Å². The highest BCUT2D eigenvalue weighted by Gasteiger charge is 2.26. The van der Waals surface area contributed by atoms with Gasteiger partial charge in [0.25, 0.3) is 0 Å². The van der Waals surface area contributed by atoms with Crippen LogP contribution in [-0.4, -0.2) is 54.0 Å². The number of carbonyl (C=O) groups excluding carboxylic acids is 1. The molecular weight excluding hydrogens is 202 g/mol. The average Bonchev–Trinajstić information content (AvgIpc) is 2.30. The molecule has 4 nitrogen and oxygen atoms in total. The molecule has 1 atom stereocenters. The minimum Gasteiger partial charge on any atom is -0.341 e. The molecule has 0 spiro atoms. The highest BCUT2D eigenvalue weighted by molar-refractivity contribution is 5.81. The molecule has 94 valence electrons. The van der Waals surface area contributed by atoms with E-state index >= 15 is 0 Å². The molecule has 1 aliphatic heterocycles. The van der Waals surface area contributed by atoms with Crippen LogP contribution in [0.5, 0.6) is 0 Å². The number of nitrogens with two attached hydrogens (primary N) is 1. The van der Waals surface area contributed by atoms with Gasteiger partial charge in [-0.25, -0.2) is 0 Å². The van der Waals surface area contributed by atoms with E-state index in [4.69, 9.17) is 5.73 Å². The number of carbonyl (C=O) groups is 1. The van der Waals surface area contributed by atoms with Gasteiger partial charge in [0.15, 0.2) is 0 Å². The highest BCUT2D eigenvalue weighted by atomic mass is 16.2. The monoisotopic (exact) mass is 227 g/mol. The molecule has 1 aliphatic rings. The molecule has 0 unspecified atom stereocenters. The zero-order valence-corrected chi connectivity index (χ0v) is 10.8. The van der Waals surface area contributed by atoms with Crippen LogP contribution in [0, 0.1) is 0 Å². The van der Waals surface area contributed by atoms with Crippen molar-refractivity contribution in [3.05, 3.63) is 0 Å². The Hall–Kier alpha value is -0.610. The predicted molar refractivity (Wildman–Crippen MR) is 66.2 cm³/mol. The van der Waals surface area contributed by atoms with E-state index in [1.165, 1.54) is 0 Å². The maximum absolute atomic E-state index is 11.7. The molecular formula is C12H25N3O. The third-order valence-corrected chi connectivity index (χ3v) is 3.49. The van der Waals surface area contributed by atoms with Crippen molar-refractivity contribution < 1.29 is 4.79 Å². The molecule has 2 N–H and O–H groups in total. The maximum atomic E-state index is 11.7. The van der Waals surface area contributed by atoms with Gasteiger partial charge in [0.1, 0.15) is 0 Å². The minimum absolute atomic E-state index is 0.0954. The zero-order valence-electron chi connectivity index (χ0n) is 10.8. The summed E-state index contributed by atoms with van der Waals surface area (Å²) in [6.07, 6.45) is 2.17. The summed E-state index contributed by atoms with van der Waals surface area (Å²) in [6.45, 7) is 10.1. The van der Waals surface area contributed by atoms with E-state index < -0.39 is 0 Å². The van der Waals surface area contributed by atoms with E-state index in [0.717, 1.165) is 39.0 Å². The SMILES string of the molecule is CCN(CC)C1CCN(C(=O)[C@H](C)N)CC1. The fraction of sp³-hybridized carbons (Fsp3) is 0.917. The zero-order chi connectivity index (χ0) is 12.1. The molecule has 0 radical (unpaired) electrons. The van der Waals surface area contributed by atoms with Crippen LogP contribution in [0.25, 0.3) is 0 Å². The van der Waals surface area contributed by atoms with E-state index in [2.05, 4.69) is 18.7 Å². The number of hydrogen-bond acceptors (Lipinski definition) is 3. The Kier molecular flexibility index (Phi) is 5.22. The molecule has 0 bridgehead atoms. The molecule has 16 heavy (non-hydrogen) atoms. The van der Waals surface area contributed by atoms with E-state index in [-0.39, 0.29) is 11.9 Å². The van der Waals surface area contributed by atoms with Crippen molar-refractivity contribution in [3.63, 3.8) is 0 Å². The summed E-state index contributed by atoms with van der Waals surface area (Å²) in [7, 11) is 0. The smallest absolute Gasteiger partial charge is 0.239 e. The Bertz CT molecular complexity index is 218. The summed E-state index contributed by atoms with van der Waals surface area (Å²) >= 11 is 0. The first-order chi connectivity index (χ1) is 7.60. The summed E-state index contributed by atoms with van der Waals surface area (Å²) in [6, 6.07) is 0.289. The Morgan fingerprint density at radius 2 is 1.88 bits per heavy atom. The lowest BCUT2D eigenvalue weighted by atomic mass is 10.0. The standard InChI is InChI=1S/C12H25N3O/c1-4-14(5-2)11-6-8-15(9-7-11)12(16)10(3)13/h10-11H,4-9,13H2,1-3H3/t10-/m0/s1. The summed E-state index contributed by atoms with van der Waals surface area (Å²) in [5, 5.41) is 0.